The molecule has 0 bridgehead atoms. The molecule has 3 heterocycles. The highest BCUT2D eigenvalue weighted by Crippen LogP contribution is 2.39. The Kier molecular flexibility index (Phi) is 8.87. The van der Waals surface area contributed by atoms with Crippen LogP contribution in [0.2, 0.25) is 0 Å². The Morgan fingerprint density at radius 2 is 1.40 bits per heavy atom. The van der Waals surface area contributed by atoms with E-state index in [4.69, 9.17) is 18.9 Å². The number of aliphatic hydroxyl groups is 11. The molecule has 1 aromatic rings. The van der Waals surface area contributed by atoms with Crippen molar-refractivity contribution in [2.45, 2.75) is 67.5 Å². The lowest BCUT2D eigenvalue weighted by atomic mass is 9.96. The zero-order chi connectivity index (χ0) is 31.2. The van der Waals surface area contributed by atoms with E-state index in [0.29, 0.717) is 0 Å². The standard InChI is InChI=1S/C27H32O16/c28-7-17-19(34)21(36)23(38)26(41-17)43-25-22(37)20(35)18(8-29)42-27(25)40-16-6-11-13(32)4-10(30)5-15(11)39-24(16)9-1-2-12(31)14(33)3-9/h1-6,15,17-23,25-38H,7-8H2/p+1/t15?,17-,18-,19-,20-,21+,22+,23-,25-,26+,27+/m1/s1. The van der Waals surface area contributed by atoms with Gasteiger partial charge in [-0.2, -0.15) is 0 Å². The molecule has 1 unspecified atom stereocenters. The van der Waals surface area contributed by atoms with Crippen molar-refractivity contribution in [2.24, 2.45) is 0 Å². The van der Waals surface area contributed by atoms with E-state index >= 15 is 0 Å². The average Bonchev–Trinajstić information content (AvgIpc) is 2.98. The molecule has 0 spiro atoms. The van der Waals surface area contributed by atoms with Gasteiger partial charge in [0, 0.05) is 18.2 Å². The average molecular weight is 614 g/mol. The summed E-state index contributed by atoms with van der Waals surface area (Å²) in [5.41, 5.74) is 0.366. The van der Waals surface area contributed by atoms with Crippen molar-refractivity contribution in [3.63, 3.8) is 0 Å². The summed E-state index contributed by atoms with van der Waals surface area (Å²) in [5.74, 6) is -1.70. The number of phenols is 2. The van der Waals surface area contributed by atoms with Crippen LogP contribution in [0.25, 0.3) is 5.76 Å². The number of fused-ring (bicyclic) bond motifs is 1. The van der Waals surface area contributed by atoms with E-state index in [0.717, 1.165) is 12.1 Å². The molecule has 0 radical (unpaired) electrons. The van der Waals surface area contributed by atoms with Crippen molar-refractivity contribution in [1.29, 1.82) is 0 Å². The molecule has 11 atom stereocenters. The van der Waals surface area contributed by atoms with Gasteiger partial charge in [-0.25, -0.2) is 0 Å². The fourth-order valence-corrected chi connectivity index (χ4v) is 5.09. The minimum Gasteiger partial charge on any atom is -0.571 e. The third kappa shape index (κ3) is 5.89. The van der Waals surface area contributed by atoms with Gasteiger partial charge in [0.15, 0.2) is 23.9 Å². The molecule has 2 fully saturated rings. The maximum absolute atomic E-state index is 11.0. The van der Waals surface area contributed by atoms with E-state index in [1.54, 1.807) is 0 Å². The molecule has 0 amide bonds. The zero-order valence-electron chi connectivity index (χ0n) is 22.2. The molecule has 16 heteroatoms. The molecule has 1 aromatic carbocycles. The Labute approximate surface area is 243 Å². The molecular formula is C27H33O16+. The van der Waals surface area contributed by atoms with Crippen LogP contribution >= 0.6 is 0 Å². The molecule has 0 aromatic heterocycles. The second-order valence-electron chi connectivity index (χ2n) is 10.3. The molecule has 4 aliphatic rings. The fourth-order valence-electron chi connectivity index (χ4n) is 5.09. The molecule has 43 heavy (non-hydrogen) atoms. The van der Waals surface area contributed by atoms with Crippen LogP contribution in [0, 0.1) is 0 Å². The highest BCUT2D eigenvalue weighted by molar-refractivity contribution is 5.69. The van der Waals surface area contributed by atoms with E-state index in [-0.39, 0.29) is 34.2 Å². The summed E-state index contributed by atoms with van der Waals surface area (Å²) in [6, 6.07) is 3.73. The van der Waals surface area contributed by atoms with Crippen LogP contribution in [0.15, 0.2) is 59.3 Å². The van der Waals surface area contributed by atoms with Gasteiger partial charge >= 0.3 is 5.76 Å². The second kappa shape index (κ2) is 12.3. The topological polar surface area (TPSA) is 272 Å². The number of allylic oxidation sites excluding steroid dienone is 2. The third-order valence-corrected chi connectivity index (χ3v) is 7.47. The van der Waals surface area contributed by atoms with Crippen LogP contribution in [0.4, 0.5) is 0 Å². The maximum atomic E-state index is 11.0. The van der Waals surface area contributed by atoms with Gasteiger partial charge in [-0.05, 0) is 12.1 Å². The van der Waals surface area contributed by atoms with Crippen LogP contribution < -0.4 is 0 Å². The molecule has 2 saturated heterocycles. The molecular weight excluding hydrogens is 580 g/mol. The minimum atomic E-state index is -1.88. The van der Waals surface area contributed by atoms with E-state index in [1.165, 1.54) is 24.3 Å². The number of hydrogen-bond donors (Lipinski definition) is 11. The lowest BCUT2D eigenvalue weighted by Crippen LogP contribution is -2.64. The van der Waals surface area contributed by atoms with Crippen LogP contribution in [0.1, 0.15) is 5.56 Å². The van der Waals surface area contributed by atoms with Crippen LogP contribution in [-0.4, -0.2) is 142 Å². The Bertz CT molecular complexity index is 1320. The highest BCUT2D eigenvalue weighted by Gasteiger charge is 2.52. The maximum Gasteiger partial charge on any atom is 0.305 e. The Morgan fingerprint density at radius 1 is 0.744 bits per heavy atom. The Morgan fingerprint density at radius 3 is 2.05 bits per heavy atom. The molecule has 236 valence electrons. The second-order valence-corrected chi connectivity index (χ2v) is 10.3. The number of phenolic OH excluding ortho intramolecular Hbond substituents is 2. The number of hydrogen-bond acceptors (Lipinski definition) is 15. The predicted octanol–water partition coefficient (Wildman–Crippen LogP) is -2.86. The summed E-state index contributed by atoms with van der Waals surface area (Å²) in [5, 5.41) is 112. The third-order valence-electron chi connectivity index (χ3n) is 7.47. The first kappa shape index (κ1) is 31.0. The van der Waals surface area contributed by atoms with Gasteiger partial charge in [-0.3, -0.25) is 0 Å². The number of benzene rings is 1. The van der Waals surface area contributed by atoms with Gasteiger partial charge in [-0.15, -0.1) is 0 Å². The molecule has 1 aliphatic carbocycles. The number of aromatic hydroxyl groups is 2. The lowest BCUT2D eigenvalue weighted by Gasteiger charge is -2.46. The molecule has 12 N–H and O–H groups in total. The Balaban J connectivity index is 1.53. The Hall–Kier alpha value is -3.42. The number of aliphatic hydroxyl groups excluding tert-OH is 9. The van der Waals surface area contributed by atoms with Crippen molar-refractivity contribution in [2.75, 3.05) is 13.2 Å². The quantitative estimate of drug-likeness (QED) is 0.109. The SMILES string of the molecule is OC[C@H]1O[C@@H](O[C@H]2[C@@H](OC3=C(c4ccc(O)c(O)c4)[OH+]C4C=C(O)C=C(O)C4=C3)O[C@H](CO)[C@@H](O)[C@@H]2O)[C@H](O)[C@@H](O)[C@@H]1O. The number of ether oxygens (including phenoxy) is 5. The van der Waals surface area contributed by atoms with Gasteiger partial charge in [-0.1, -0.05) is 0 Å². The monoisotopic (exact) mass is 613 g/mol. The minimum absolute atomic E-state index is 0.0131. The van der Waals surface area contributed by atoms with E-state index in [2.05, 4.69) is 4.74 Å². The fraction of sp³-hybridized carbons (Fsp3) is 0.481. The van der Waals surface area contributed by atoms with Crippen LogP contribution in [0.3, 0.4) is 0 Å². The summed E-state index contributed by atoms with van der Waals surface area (Å²) in [6.45, 7) is -1.54. The molecule has 0 saturated carbocycles. The summed E-state index contributed by atoms with van der Waals surface area (Å²) in [6.07, 6.45) is -14.2. The first-order valence-corrected chi connectivity index (χ1v) is 13.2. The molecule has 3 aliphatic heterocycles. The van der Waals surface area contributed by atoms with Gasteiger partial charge in [0.05, 0.1) is 30.4 Å². The number of rotatable bonds is 7. The van der Waals surface area contributed by atoms with E-state index < -0.39 is 92.2 Å². The molecule has 16 nitrogen and oxygen atoms in total. The van der Waals surface area contributed by atoms with Crippen molar-refractivity contribution >= 4 is 5.76 Å². The van der Waals surface area contributed by atoms with Gasteiger partial charge in [0.25, 0.3) is 0 Å². The normalized spacial score (nSPS) is 37.9. The van der Waals surface area contributed by atoms with Crippen molar-refractivity contribution in [3.8, 4) is 11.5 Å². The molecule has 5 rings (SSSR count). The predicted molar refractivity (Wildman–Crippen MR) is 140 cm³/mol. The summed E-state index contributed by atoms with van der Waals surface area (Å²) >= 11 is 0. The summed E-state index contributed by atoms with van der Waals surface area (Å²) < 4.78 is 27.3. The van der Waals surface area contributed by atoms with Crippen molar-refractivity contribution in [3.05, 3.63) is 64.8 Å². The lowest BCUT2D eigenvalue weighted by molar-refractivity contribution is -0.363. The first-order valence-electron chi connectivity index (χ1n) is 13.2. The van der Waals surface area contributed by atoms with Crippen LogP contribution in [-0.2, 0) is 18.9 Å². The smallest absolute Gasteiger partial charge is 0.305 e. The van der Waals surface area contributed by atoms with Crippen molar-refractivity contribution < 1.29 is 79.9 Å². The van der Waals surface area contributed by atoms with Gasteiger partial charge < -0.3 is 79.9 Å². The van der Waals surface area contributed by atoms with Crippen molar-refractivity contribution in [1.82, 2.24) is 0 Å². The zero-order valence-corrected chi connectivity index (χ0v) is 22.2. The van der Waals surface area contributed by atoms with Gasteiger partial charge in [0.2, 0.25) is 18.2 Å². The summed E-state index contributed by atoms with van der Waals surface area (Å²) in [7, 11) is 0. The first-order chi connectivity index (χ1) is 20.4. The van der Waals surface area contributed by atoms with E-state index in [1.807, 2.05) is 0 Å². The summed E-state index contributed by atoms with van der Waals surface area (Å²) in [4.78, 5) is 0. The highest BCUT2D eigenvalue weighted by atomic mass is 16.8. The largest absolute Gasteiger partial charge is 0.571 e. The van der Waals surface area contributed by atoms with Crippen LogP contribution in [0.5, 0.6) is 11.5 Å². The van der Waals surface area contributed by atoms with Gasteiger partial charge in [0.1, 0.15) is 54.2 Å². The van der Waals surface area contributed by atoms with E-state index in [9.17, 15) is 56.2 Å².